The van der Waals surface area contributed by atoms with E-state index in [1.54, 1.807) is 19.2 Å². The van der Waals surface area contributed by atoms with Crippen molar-refractivity contribution in [3.63, 3.8) is 0 Å². The zero-order chi connectivity index (χ0) is 12.7. The molecule has 0 aliphatic rings. The maximum atomic E-state index is 11.5. The van der Waals surface area contributed by atoms with E-state index in [1.165, 1.54) is 0 Å². The molecule has 5 heteroatoms. The fourth-order valence-electron chi connectivity index (χ4n) is 1.24. The number of nitrogens with two attached hydrogens (primary N) is 1. The van der Waals surface area contributed by atoms with Gasteiger partial charge in [0.05, 0.1) is 7.11 Å². The first-order valence-corrected chi connectivity index (χ1v) is 5.60. The molecule has 1 rings (SSSR count). The number of amides is 2. The average molecular weight is 237 g/mol. The smallest absolute Gasteiger partial charge is 0.319 e. The summed E-state index contributed by atoms with van der Waals surface area (Å²) in [6, 6.07) is 6.90. The van der Waals surface area contributed by atoms with Crippen molar-refractivity contribution in [2.45, 2.75) is 19.4 Å². The molecule has 0 spiro atoms. The van der Waals surface area contributed by atoms with Gasteiger partial charge in [-0.2, -0.15) is 0 Å². The normalized spacial score (nSPS) is 11.7. The number of nitrogens with one attached hydrogen (secondary N) is 2. The number of hydrogen-bond donors (Lipinski definition) is 3. The highest BCUT2D eigenvalue weighted by atomic mass is 16.5. The molecule has 0 fully saturated rings. The standard InChI is InChI=1S/C12H19N3O2/c1-3-9(13)8-14-12(16)15-10-5-4-6-11(7-10)17-2/h4-7,9H,3,8,13H2,1-2H3,(H2,14,15,16). The summed E-state index contributed by atoms with van der Waals surface area (Å²) in [4.78, 5) is 11.5. The first-order chi connectivity index (χ1) is 8.15. The molecular weight excluding hydrogens is 218 g/mol. The van der Waals surface area contributed by atoms with Gasteiger partial charge in [0.15, 0.2) is 0 Å². The molecule has 0 heterocycles. The summed E-state index contributed by atoms with van der Waals surface area (Å²) in [6.07, 6.45) is 0.833. The minimum absolute atomic E-state index is 0.00828. The van der Waals surface area contributed by atoms with Crippen molar-refractivity contribution in [3.8, 4) is 5.75 Å². The van der Waals surface area contributed by atoms with Crippen LogP contribution in [0.15, 0.2) is 24.3 Å². The Morgan fingerprint density at radius 1 is 1.53 bits per heavy atom. The molecule has 94 valence electrons. The lowest BCUT2D eigenvalue weighted by Crippen LogP contribution is -2.38. The minimum atomic E-state index is -0.262. The Kier molecular flexibility index (Phi) is 5.29. The van der Waals surface area contributed by atoms with Crippen LogP contribution in [0, 0.1) is 0 Å². The topological polar surface area (TPSA) is 76.4 Å². The molecule has 0 bridgehead atoms. The molecule has 0 radical (unpaired) electrons. The molecule has 1 unspecified atom stereocenters. The first kappa shape index (κ1) is 13.3. The molecule has 17 heavy (non-hydrogen) atoms. The van der Waals surface area contributed by atoms with Gasteiger partial charge in [-0.05, 0) is 18.6 Å². The lowest BCUT2D eigenvalue weighted by atomic mass is 10.2. The summed E-state index contributed by atoms with van der Waals surface area (Å²) in [5.74, 6) is 0.702. The SMILES string of the molecule is CCC(N)CNC(=O)Nc1cccc(OC)c1. The van der Waals surface area contributed by atoms with E-state index in [0.29, 0.717) is 18.0 Å². The second-order valence-electron chi connectivity index (χ2n) is 3.74. The van der Waals surface area contributed by atoms with Crippen LogP contribution in [0.4, 0.5) is 10.5 Å². The summed E-state index contributed by atoms with van der Waals surface area (Å²) in [6.45, 7) is 2.44. The van der Waals surface area contributed by atoms with Crippen molar-refractivity contribution in [1.29, 1.82) is 0 Å². The number of benzene rings is 1. The number of carbonyl (C=O) groups excluding carboxylic acids is 1. The first-order valence-electron chi connectivity index (χ1n) is 5.60. The van der Waals surface area contributed by atoms with Crippen molar-refractivity contribution in [1.82, 2.24) is 5.32 Å². The van der Waals surface area contributed by atoms with Gasteiger partial charge in [0.2, 0.25) is 0 Å². The van der Waals surface area contributed by atoms with Gasteiger partial charge in [0.1, 0.15) is 5.75 Å². The molecule has 2 amide bonds. The Morgan fingerprint density at radius 2 is 2.29 bits per heavy atom. The van der Waals surface area contributed by atoms with E-state index in [1.807, 2.05) is 19.1 Å². The molecule has 0 aliphatic carbocycles. The number of methoxy groups -OCH3 is 1. The third-order valence-corrected chi connectivity index (χ3v) is 2.38. The zero-order valence-corrected chi connectivity index (χ0v) is 10.2. The molecule has 0 aromatic heterocycles. The lowest BCUT2D eigenvalue weighted by Gasteiger charge is -2.11. The quantitative estimate of drug-likeness (QED) is 0.727. The van der Waals surface area contributed by atoms with Gasteiger partial charge in [-0.15, -0.1) is 0 Å². The van der Waals surface area contributed by atoms with E-state index in [-0.39, 0.29) is 12.1 Å². The Hall–Kier alpha value is -1.75. The van der Waals surface area contributed by atoms with Crippen LogP contribution in [-0.4, -0.2) is 25.7 Å². The van der Waals surface area contributed by atoms with Gasteiger partial charge >= 0.3 is 6.03 Å². The van der Waals surface area contributed by atoms with E-state index >= 15 is 0 Å². The predicted octanol–water partition coefficient (Wildman–Crippen LogP) is 1.55. The van der Waals surface area contributed by atoms with E-state index in [0.717, 1.165) is 6.42 Å². The number of carbonyl (C=O) groups is 1. The van der Waals surface area contributed by atoms with Crippen LogP contribution in [-0.2, 0) is 0 Å². The Morgan fingerprint density at radius 3 is 2.94 bits per heavy atom. The van der Waals surface area contributed by atoms with Crippen molar-refractivity contribution >= 4 is 11.7 Å². The van der Waals surface area contributed by atoms with E-state index < -0.39 is 0 Å². The summed E-state index contributed by atoms with van der Waals surface area (Å²) in [5, 5.41) is 5.41. The highest BCUT2D eigenvalue weighted by molar-refractivity contribution is 5.89. The average Bonchev–Trinajstić information content (AvgIpc) is 2.36. The van der Waals surface area contributed by atoms with Crippen molar-refractivity contribution < 1.29 is 9.53 Å². The number of anilines is 1. The molecular formula is C12H19N3O2. The van der Waals surface area contributed by atoms with Crippen LogP contribution in [0.3, 0.4) is 0 Å². The van der Waals surface area contributed by atoms with Crippen LogP contribution in [0.25, 0.3) is 0 Å². The monoisotopic (exact) mass is 237 g/mol. The van der Waals surface area contributed by atoms with Gasteiger partial charge in [-0.25, -0.2) is 4.79 Å². The van der Waals surface area contributed by atoms with Crippen molar-refractivity contribution in [2.24, 2.45) is 5.73 Å². The molecule has 1 atom stereocenters. The number of ether oxygens (including phenoxy) is 1. The van der Waals surface area contributed by atoms with E-state index in [9.17, 15) is 4.79 Å². The summed E-state index contributed by atoms with van der Waals surface area (Å²) in [7, 11) is 1.58. The molecule has 1 aromatic rings. The van der Waals surface area contributed by atoms with Crippen LogP contribution >= 0.6 is 0 Å². The summed E-state index contributed by atoms with van der Waals surface area (Å²) >= 11 is 0. The van der Waals surface area contributed by atoms with Gasteiger partial charge in [-0.3, -0.25) is 0 Å². The highest BCUT2D eigenvalue weighted by Gasteiger charge is 2.04. The van der Waals surface area contributed by atoms with Gasteiger partial charge < -0.3 is 21.1 Å². The lowest BCUT2D eigenvalue weighted by molar-refractivity contribution is 0.251. The number of hydrogen-bond acceptors (Lipinski definition) is 3. The maximum Gasteiger partial charge on any atom is 0.319 e. The van der Waals surface area contributed by atoms with Crippen LogP contribution in [0.1, 0.15) is 13.3 Å². The zero-order valence-electron chi connectivity index (χ0n) is 10.2. The minimum Gasteiger partial charge on any atom is -0.497 e. The molecule has 5 nitrogen and oxygen atoms in total. The number of urea groups is 1. The largest absolute Gasteiger partial charge is 0.497 e. The summed E-state index contributed by atoms with van der Waals surface area (Å²) in [5.41, 5.74) is 6.38. The van der Waals surface area contributed by atoms with Crippen molar-refractivity contribution in [3.05, 3.63) is 24.3 Å². The van der Waals surface area contributed by atoms with E-state index in [4.69, 9.17) is 10.5 Å². The Balaban J connectivity index is 2.44. The van der Waals surface area contributed by atoms with Crippen molar-refractivity contribution in [2.75, 3.05) is 19.0 Å². The number of rotatable bonds is 5. The predicted molar refractivity (Wildman–Crippen MR) is 68.3 cm³/mol. The molecule has 0 saturated heterocycles. The van der Waals surface area contributed by atoms with E-state index in [2.05, 4.69) is 10.6 Å². The van der Waals surface area contributed by atoms with Gasteiger partial charge in [-0.1, -0.05) is 13.0 Å². The maximum absolute atomic E-state index is 11.5. The molecule has 4 N–H and O–H groups in total. The van der Waals surface area contributed by atoms with Crippen LogP contribution in [0.2, 0.25) is 0 Å². The second-order valence-corrected chi connectivity index (χ2v) is 3.74. The third kappa shape index (κ3) is 4.74. The van der Waals surface area contributed by atoms with Crippen LogP contribution in [0.5, 0.6) is 5.75 Å². The Labute approximate surface area is 101 Å². The van der Waals surface area contributed by atoms with Gasteiger partial charge in [0.25, 0.3) is 0 Å². The van der Waals surface area contributed by atoms with Crippen LogP contribution < -0.4 is 21.1 Å². The summed E-state index contributed by atoms with van der Waals surface area (Å²) < 4.78 is 5.06. The van der Waals surface area contributed by atoms with Gasteiger partial charge in [0, 0.05) is 24.3 Å². The molecule has 1 aromatic carbocycles. The Bertz CT molecular complexity index is 369. The molecule has 0 saturated carbocycles. The third-order valence-electron chi connectivity index (χ3n) is 2.38. The molecule has 0 aliphatic heterocycles. The fourth-order valence-corrected chi connectivity index (χ4v) is 1.24. The second kappa shape index (κ2) is 6.75. The highest BCUT2D eigenvalue weighted by Crippen LogP contribution is 2.16. The fraction of sp³-hybridized carbons (Fsp3) is 0.417.